The van der Waals surface area contributed by atoms with E-state index in [0.717, 1.165) is 5.69 Å². The molecule has 0 unspecified atom stereocenters. The van der Waals surface area contributed by atoms with Crippen molar-refractivity contribution in [3.63, 3.8) is 0 Å². The summed E-state index contributed by atoms with van der Waals surface area (Å²) in [6.07, 6.45) is 0. The van der Waals surface area contributed by atoms with Gasteiger partial charge in [-0.2, -0.15) is 0 Å². The SMILES string of the molecule is CCOC(=O)C1=C(COC(=O)c2cc(C(C)C)nc3ccccc23)NC(=O)N[C@@H]1C. The molecule has 0 spiro atoms. The van der Waals surface area contributed by atoms with Gasteiger partial charge in [0.2, 0.25) is 0 Å². The first-order valence-electron chi connectivity index (χ1n) is 9.86. The number of ether oxygens (including phenoxy) is 2. The van der Waals surface area contributed by atoms with E-state index in [1.807, 2.05) is 32.0 Å². The standard InChI is InChI=1S/C22H25N3O5/c1-5-29-21(27)19-13(4)23-22(28)25-18(19)11-30-20(26)15-10-17(12(2)3)24-16-9-7-6-8-14(15)16/h6-10,12-13H,5,11H2,1-4H3,(H2,23,25,28)/t13-/m1/s1. The molecule has 0 fully saturated rings. The van der Waals surface area contributed by atoms with Gasteiger partial charge in [-0.05, 0) is 31.9 Å². The number of urea groups is 1. The molecule has 0 bridgehead atoms. The van der Waals surface area contributed by atoms with Crippen LogP contribution in [0.2, 0.25) is 0 Å². The second-order valence-electron chi connectivity index (χ2n) is 7.28. The number of amides is 2. The average molecular weight is 411 g/mol. The zero-order valence-electron chi connectivity index (χ0n) is 17.4. The first-order valence-corrected chi connectivity index (χ1v) is 9.86. The Bertz CT molecular complexity index is 1030. The van der Waals surface area contributed by atoms with Crippen molar-refractivity contribution in [2.45, 2.75) is 39.7 Å². The molecule has 0 saturated carbocycles. The third kappa shape index (κ3) is 4.42. The molecule has 1 aliphatic rings. The molecule has 30 heavy (non-hydrogen) atoms. The molecule has 158 valence electrons. The van der Waals surface area contributed by atoms with Crippen LogP contribution in [0.15, 0.2) is 41.6 Å². The fourth-order valence-electron chi connectivity index (χ4n) is 3.27. The highest BCUT2D eigenvalue weighted by molar-refractivity contribution is 6.03. The number of rotatable bonds is 6. The number of fused-ring (bicyclic) bond motifs is 1. The zero-order chi connectivity index (χ0) is 21.8. The lowest BCUT2D eigenvalue weighted by Crippen LogP contribution is -2.50. The van der Waals surface area contributed by atoms with Crippen molar-refractivity contribution in [1.82, 2.24) is 15.6 Å². The molecule has 1 atom stereocenters. The zero-order valence-corrected chi connectivity index (χ0v) is 17.4. The van der Waals surface area contributed by atoms with Crippen molar-refractivity contribution in [2.75, 3.05) is 13.2 Å². The number of hydrogen-bond acceptors (Lipinski definition) is 6. The Morgan fingerprint density at radius 2 is 1.90 bits per heavy atom. The lowest BCUT2D eigenvalue weighted by atomic mass is 10.0. The van der Waals surface area contributed by atoms with Gasteiger partial charge in [0, 0.05) is 11.1 Å². The monoisotopic (exact) mass is 411 g/mol. The van der Waals surface area contributed by atoms with E-state index in [1.54, 1.807) is 26.0 Å². The van der Waals surface area contributed by atoms with E-state index in [2.05, 4.69) is 15.6 Å². The summed E-state index contributed by atoms with van der Waals surface area (Å²) in [5.41, 5.74) is 2.30. The van der Waals surface area contributed by atoms with Gasteiger partial charge in [-0.3, -0.25) is 4.98 Å². The second kappa shape index (κ2) is 8.94. The Labute approximate surface area is 174 Å². The number of esters is 2. The summed E-state index contributed by atoms with van der Waals surface area (Å²) in [5, 5.41) is 5.83. The molecule has 2 heterocycles. The predicted molar refractivity (Wildman–Crippen MR) is 111 cm³/mol. The molecular weight excluding hydrogens is 386 g/mol. The minimum Gasteiger partial charge on any atom is -0.463 e. The summed E-state index contributed by atoms with van der Waals surface area (Å²) >= 11 is 0. The molecule has 0 aliphatic carbocycles. The molecule has 8 nitrogen and oxygen atoms in total. The van der Waals surface area contributed by atoms with Crippen LogP contribution in [0.4, 0.5) is 4.79 Å². The van der Waals surface area contributed by atoms with E-state index >= 15 is 0 Å². The number of hydrogen-bond donors (Lipinski definition) is 2. The first-order chi connectivity index (χ1) is 14.3. The number of pyridine rings is 1. The topological polar surface area (TPSA) is 107 Å². The molecule has 8 heteroatoms. The van der Waals surface area contributed by atoms with Crippen molar-refractivity contribution in [3.8, 4) is 0 Å². The molecule has 1 aromatic carbocycles. The Morgan fingerprint density at radius 1 is 1.17 bits per heavy atom. The fourth-order valence-corrected chi connectivity index (χ4v) is 3.27. The second-order valence-corrected chi connectivity index (χ2v) is 7.28. The molecule has 2 N–H and O–H groups in total. The number of nitrogens with one attached hydrogen (secondary N) is 2. The maximum absolute atomic E-state index is 12.9. The van der Waals surface area contributed by atoms with Crippen LogP contribution in [0.5, 0.6) is 0 Å². The van der Waals surface area contributed by atoms with Crippen molar-refractivity contribution in [1.29, 1.82) is 0 Å². The highest BCUT2D eigenvalue weighted by Crippen LogP contribution is 2.23. The van der Waals surface area contributed by atoms with E-state index in [9.17, 15) is 14.4 Å². The maximum Gasteiger partial charge on any atom is 0.339 e. The Kier molecular flexibility index (Phi) is 6.34. The quantitative estimate of drug-likeness (QED) is 0.708. The molecule has 0 saturated heterocycles. The average Bonchev–Trinajstić information content (AvgIpc) is 2.70. The number of aromatic nitrogens is 1. The van der Waals surface area contributed by atoms with Gasteiger partial charge in [0.05, 0.1) is 35.0 Å². The van der Waals surface area contributed by atoms with Crippen LogP contribution in [0.25, 0.3) is 10.9 Å². The number of carbonyl (C=O) groups is 3. The fraction of sp³-hybridized carbons (Fsp3) is 0.364. The van der Waals surface area contributed by atoms with Gasteiger partial charge in [-0.15, -0.1) is 0 Å². The Morgan fingerprint density at radius 3 is 2.60 bits per heavy atom. The van der Waals surface area contributed by atoms with Gasteiger partial charge in [0.25, 0.3) is 0 Å². The van der Waals surface area contributed by atoms with E-state index < -0.39 is 24.0 Å². The van der Waals surface area contributed by atoms with Crippen LogP contribution in [-0.4, -0.2) is 42.2 Å². The predicted octanol–water partition coefficient (Wildman–Crippen LogP) is 3.03. The van der Waals surface area contributed by atoms with Crippen LogP contribution in [0, 0.1) is 0 Å². The Hall–Kier alpha value is -3.42. The first kappa shape index (κ1) is 21.3. The molecule has 3 rings (SSSR count). The smallest absolute Gasteiger partial charge is 0.339 e. The third-order valence-corrected chi connectivity index (χ3v) is 4.76. The van der Waals surface area contributed by atoms with Gasteiger partial charge in [-0.1, -0.05) is 32.0 Å². The highest BCUT2D eigenvalue weighted by Gasteiger charge is 2.30. The van der Waals surface area contributed by atoms with Crippen molar-refractivity contribution in [2.24, 2.45) is 0 Å². The summed E-state index contributed by atoms with van der Waals surface area (Å²) in [6, 6.07) is 8.01. The molecule has 0 radical (unpaired) electrons. The van der Waals surface area contributed by atoms with Crippen LogP contribution in [-0.2, 0) is 14.3 Å². The van der Waals surface area contributed by atoms with E-state index in [4.69, 9.17) is 9.47 Å². The maximum atomic E-state index is 12.9. The molecule has 2 aromatic rings. The summed E-state index contributed by atoms with van der Waals surface area (Å²) < 4.78 is 10.6. The number of nitrogens with zero attached hydrogens (tertiary/aromatic N) is 1. The van der Waals surface area contributed by atoms with Crippen LogP contribution < -0.4 is 10.6 Å². The van der Waals surface area contributed by atoms with Gasteiger partial charge in [0.1, 0.15) is 6.61 Å². The van der Waals surface area contributed by atoms with Crippen molar-refractivity contribution >= 4 is 28.9 Å². The van der Waals surface area contributed by atoms with Crippen LogP contribution in [0.3, 0.4) is 0 Å². The van der Waals surface area contributed by atoms with E-state index in [1.165, 1.54) is 0 Å². The van der Waals surface area contributed by atoms with Crippen molar-refractivity contribution in [3.05, 3.63) is 52.9 Å². The van der Waals surface area contributed by atoms with Gasteiger partial charge in [0.15, 0.2) is 0 Å². The number of benzene rings is 1. The lowest BCUT2D eigenvalue weighted by molar-refractivity contribution is -0.139. The third-order valence-electron chi connectivity index (χ3n) is 4.76. The molecular formula is C22H25N3O5. The van der Waals surface area contributed by atoms with E-state index in [0.29, 0.717) is 16.5 Å². The Balaban J connectivity index is 1.91. The minimum atomic E-state index is -0.569. The van der Waals surface area contributed by atoms with Crippen molar-refractivity contribution < 1.29 is 23.9 Å². The number of carbonyl (C=O) groups excluding carboxylic acids is 3. The normalized spacial score (nSPS) is 16.3. The van der Waals surface area contributed by atoms with Crippen LogP contribution >= 0.6 is 0 Å². The highest BCUT2D eigenvalue weighted by atomic mass is 16.5. The van der Waals surface area contributed by atoms with Gasteiger partial charge < -0.3 is 20.1 Å². The minimum absolute atomic E-state index is 0.129. The molecule has 1 aromatic heterocycles. The lowest BCUT2D eigenvalue weighted by Gasteiger charge is -2.26. The number of para-hydroxylation sites is 1. The van der Waals surface area contributed by atoms with Crippen LogP contribution in [0.1, 0.15) is 49.7 Å². The van der Waals surface area contributed by atoms with E-state index in [-0.39, 0.29) is 30.4 Å². The molecule has 2 amide bonds. The summed E-state index contributed by atoms with van der Waals surface area (Å²) in [6.45, 7) is 7.27. The summed E-state index contributed by atoms with van der Waals surface area (Å²) in [4.78, 5) is 41.7. The summed E-state index contributed by atoms with van der Waals surface area (Å²) in [5.74, 6) is -1.00. The largest absolute Gasteiger partial charge is 0.463 e. The molecule has 1 aliphatic heterocycles. The van der Waals surface area contributed by atoms with Gasteiger partial charge >= 0.3 is 18.0 Å². The van der Waals surface area contributed by atoms with Gasteiger partial charge in [-0.25, -0.2) is 14.4 Å². The summed E-state index contributed by atoms with van der Waals surface area (Å²) in [7, 11) is 0.